The first-order valence-corrected chi connectivity index (χ1v) is 10.3. The third-order valence-electron chi connectivity index (χ3n) is 4.43. The minimum atomic E-state index is -0.0248. The number of carbonyl (C=O) groups excluding carboxylic acids is 1. The number of piperidine rings is 1. The molecular weight excluding hydrogens is 384 g/mol. The maximum atomic E-state index is 12.5. The number of halogens is 1. The summed E-state index contributed by atoms with van der Waals surface area (Å²) in [5, 5.41) is 12.0. The van der Waals surface area contributed by atoms with Gasteiger partial charge >= 0.3 is 0 Å². The molecule has 6 nitrogen and oxygen atoms in total. The number of ether oxygens (including phenoxy) is 1. The number of amides is 1. The van der Waals surface area contributed by atoms with Gasteiger partial charge in [0.1, 0.15) is 0 Å². The highest BCUT2D eigenvalue weighted by molar-refractivity contribution is 7.99. The van der Waals surface area contributed by atoms with Crippen LogP contribution in [0.4, 0.5) is 5.82 Å². The molecule has 1 amide bonds. The number of benzene rings is 1. The van der Waals surface area contributed by atoms with E-state index in [1.54, 1.807) is 24.9 Å². The number of thioether (sulfide) groups is 1. The molecule has 2 aromatic rings. The molecule has 0 bridgehead atoms. The van der Waals surface area contributed by atoms with Crippen molar-refractivity contribution in [1.82, 2.24) is 15.5 Å². The highest BCUT2D eigenvalue weighted by Gasteiger charge is 2.26. The van der Waals surface area contributed by atoms with Crippen molar-refractivity contribution in [3.05, 3.63) is 41.4 Å². The smallest absolute Gasteiger partial charge is 0.233 e. The van der Waals surface area contributed by atoms with Crippen molar-refractivity contribution in [3.63, 3.8) is 0 Å². The maximum Gasteiger partial charge on any atom is 0.233 e. The molecule has 27 heavy (non-hydrogen) atoms. The van der Waals surface area contributed by atoms with Crippen molar-refractivity contribution in [2.75, 3.05) is 37.4 Å². The number of anilines is 1. The van der Waals surface area contributed by atoms with E-state index in [1.165, 1.54) is 0 Å². The summed E-state index contributed by atoms with van der Waals surface area (Å²) in [5.41, 5.74) is 0. The summed E-state index contributed by atoms with van der Waals surface area (Å²) in [4.78, 5) is 15.8. The SMILES string of the molecule is COc1ccc(N2CCCC(C(=O)NCCSc3ccc(Cl)cc3)C2)nn1. The van der Waals surface area contributed by atoms with Gasteiger partial charge in [0, 0.05) is 41.4 Å². The molecule has 144 valence electrons. The van der Waals surface area contributed by atoms with Crippen LogP contribution >= 0.6 is 23.4 Å². The molecule has 1 aromatic heterocycles. The van der Waals surface area contributed by atoms with Crippen molar-refractivity contribution in [1.29, 1.82) is 0 Å². The fourth-order valence-corrected chi connectivity index (χ4v) is 3.90. The summed E-state index contributed by atoms with van der Waals surface area (Å²) in [6.07, 6.45) is 1.86. The third-order valence-corrected chi connectivity index (χ3v) is 5.70. The van der Waals surface area contributed by atoms with Crippen LogP contribution in [0.3, 0.4) is 0 Å². The number of carbonyl (C=O) groups is 1. The van der Waals surface area contributed by atoms with Gasteiger partial charge < -0.3 is 15.0 Å². The van der Waals surface area contributed by atoms with E-state index in [9.17, 15) is 4.79 Å². The summed E-state index contributed by atoms with van der Waals surface area (Å²) in [7, 11) is 1.57. The monoisotopic (exact) mass is 406 g/mol. The zero-order valence-electron chi connectivity index (χ0n) is 15.2. The lowest BCUT2D eigenvalue weighted by Crippen LogP contribution is -2.43. The average molecular weight is 407 g/mol. The normalized spacial score (nSPS) is 16.8. The molecule has 1 aromatic carbocycles. The number of nitrogens with zero attached hydrogens (tertiary/aromatic N) is 3. The number of aromatic nitrogens is 2. The Balaban J connectivity index is 1.44. The fourth-order valence-electron chi connectivity index (χ4n) is 3.01. The van der Waals surface area contributed by atoms with Gasteiger partial charge in [0.25, 0.3) is 0 Å². The zero-order valence-corrected chi connectivity index (χ0v) is 16.8. The Labute approximate surface area is 168 Å². The van der Waals surface area contributed by atoms with Gasteiger partial charge in [0.2, 0.25) is 11.8 Å². The molecule has 2 heterocycles. The Bertz CT molecular complexity index is 742. The van der Waals surface area contributed by atoms with E-state index in [4.69, 9.17) is 16.3 Å². The number of rotatable bonds is 7. The Hall–Kier alpha value is -1.99. The summed E-state index contributed by atoms with van der Waals surface area (Å²) in [6.45, 7) is 2.19. The fraction of sp³-hybridized carbons (Fsp3) is 0.421. The van der Waals surface area contributed by atoms with E-state index in [1.807, 2.05) is 30.3 Å². The summed E-state index contributed by atoms with van der Waals surface area (Å²) >= 11 is 7.59. The lowest BCUT2D eigenvalue weighted by Gasteiger charge is -2.32. The van der Waals surface area contributed by atoms with Crippen molar-refractivity contribution in [2.24, 2.45) is 5.92 Å². The molecular formula is C19H23ClN4O2S. The lowest BCUT2D eigenvalue weighted by molar-refractivity contribution is -0.125. The van der Waals surface area contributed by atoms with Crippen LogP contribution in [0.5, 0.6) is 5.88 Å². The van der Waals surface area contributed by atoms with E-state index >= 15 is 0 Å². The Morgan fingerprint density at radius 2 is 2.11 bits per heavy atom. The molecule has 1 unspecified atom stereocenters. The topological polar surface area (TPSA) is 67.3 Å². The van der Waals surface area contributed by atoms with Gasteiger partial charge in [-0.2, -0.15) is 0 Å². The summed E-state index contributed by atoms with van der Waals surface area (Å²) in [5.74, 6) is 2.18. The molecule has 1 aliphatic heterocycles. The van der Waals surface area contributed by atoms with E-state index < -0.39 is 0 Å². The Morgan fingerprint density at radius 3 is 2.81 bits per heavy atom. The minimum Gasteiger partial charge on any atom is -0.480 e. The molecule has 0 saturated carbocycles. The van der Waals surface area contributed by atoms with Gasteiger partial charge in [-0.15, -0.1) is 22.0 Å². The largest absolute Gasteiger partial charge is 0.480 e. The van der Waals surface area contributed by atoms with Crippen molar-refractivity contribution < 1.29 is 9.53 Å². The highest BCUT2D eigenvalue weighted by atomic mass is 35.5. The van der Waals surface area contributed by atoms with Crippen LogP contribution in [0.25, 0.3) is 0 Å². The maximum absolute atomic E-state index is 12.5. The molecule has 0 aliphatic carbocycles. The predicted molar refractivity (Wildman–Crippen MR) is 109 cm³/mol. The van der Waals surface area contributed by atoms with Gasteiger partial charge in [-0.05, 0) is 43.2 Å². The second kappa shape index (κ2) is 9.80. The van der Waals surface area contributed by atoms with Crippen LogP contribution in [0.15, 0.2) is 41.3 Å². The van der Waals surface area contributed by atoms with Gasteiger partial charge in [0.05, 0.1) is 13.0 Å². The van der Waals surface area contributed by atoms with Crippen molar-refractivity contribution >= 4 is 35.1 Å². The molecule has 1 N–H and O–H groups in total. The first kappa shape index (κ1) is 19.8. The predicted octanol–water partition coefficient (Wildman–Crippen LogP) is 3.26. The number of hydrogen-bond acceptors (Lipinski definition) is 6. The molecule has 0 radical (unpaired) electrons. The summed E-state index contributed by atoms with van der Waals surface area (Å²) in [6, 6.07) is 11.4. The van der Waals surface area contributed by atoms with Gasteiger partial charge in [-0.3, -0.25) is 4.79 Å². The first-order chi connectivity index (χ1) is 13.2. The molecule has 0 spiro atoms. The van der Waals surface area contributed by atoms with Crippen LogP contribution < -0.4 is 15.0 Å². The minimum absolute atomic E-state index is 0.0248. The number of hydrogen-bond donors (Lipinski definition) is 1. The zero-order chi connectivity index (χ0) is 19.1. The molecule has 1 atom stereocenters. The number of methoxy groups -OCH3 is 1. The molecule has 8 heteroatoms. The molecule has 3 rings (SSSR count). The van der Waals surface area contributed by atoms with E-state index in [-0.39, 0.29) is 11.8 Å². The van der Waals surface area contributed by atoms with Crippen molar-refractivity contribution in [2.45, 2.75) is 17.7 Å². The van der Waals surface area contributed by atoms with Gasteiger partial charge in [0.15, 0.2) is 5.82 Å². The Morgan fingerprint density at radius 1 is 1.30 bits per heavy atom. The van der Waals surface area contributed by atoms with Crippen LogP contribution in [-0.2, 0) is 4.79 Å². The second-order valence-corrected chi connectivity index (χ2v) is 7.92. The molecule has 1 fully saturated rings. The molecule has 1 aliphatic rings. The van der Waals surface area contributed by atoms with Gasteiger partial charge in [-0.25, -0.2) is 0 Å². The highest BCUT2D eigenvalue weighted by Crippen LogP contribution is 2.23. The third kappa shape index (κ3) is 5.74. The van der Waals surface area contributed by atoms with Gasteiger partial charge in [-0.1, -0.05) is 11.6 Å². The van der Waals surface area contributed by atoms with E-state index in [2.05, 4.69) is 20.4 Å². The quantitative estimate of drug-likeness (QED) is 0.562. The summed E-state index contributed by atoms with van der Waals surface area (Å²) < 4.78 is 5.04. The molecule has 1 saturated heterocycles. The Kier molecular flexibility index (Phi) is 7.18. The van der Waals surface area contributed by atoms with Crippen LogP contribution in [0.1, 0.15) is 12.8 Å². The first-order valence-electron chi connectivity index (χ1n) is 8.94. The van der Waals surface area contributed by atoms with Crippen molar-refractivity contribution in [3.8, 4) is 5.88 Å². The van der Waals surface area contributed by atoms with Crippen LogP contribution in [0.2, 0.25) is 5.02 Å². The lowest BCUT2D eigenvalue weighted by atomic mass is 9.97. The van der Waals surface area contributed by atoms with E-state index in [0.29, 0.717) is 19.0 Å². The average Bonchev–Trinajstić information content (AvgIpc) is 2.72. The van der Waals surface area contributed by atoms with Crippen LogP contribution in [0, 0.1) is 5.92 Å². The second-order valence-electron chi connectivity index (χ2n) is 6.31. The standard InChI is InChI=1S/C19H23ClN4O2S/c1-26-18-9-8-17(22-23-18)24-11-2-3-14(13-24)19(25)21-10-12-27-16-6-4-15(20)5-7-16/h4-9,14H,2-3,10-13H2,1H3,(H,21,25). The number of nitrogens with one attached hydrogen (secondary N) is 1. The van der Waals surface area contributed by atoms with E-state index in [0.717, 1.165) is 40.9 Å². The van der Waals surface area contributed by atoms with Crippen LogP contribution in [-0.4, -0.2) is 48.6 Å².